The third kappa shape index (κ3) is 2.88. The van der Waals surface area contributed by atoms with E-state index in [9.17, 15) is 0 Å². The summed E-state index contributed by atoms with van der Waals surface area (Å²) in [7, 11) is 0. The summed E-state index contributed by atoms with van der Waals surface area (Å²) in [4.78, 5) is 2.51. The number of hydrogen-bond acceptors (Lipinski definition) is 2. The molecule has 94 valence electrons. The van der Waals surface area contributed by atoms with E-state index in [1.54, 1.807) is 0 Å². The second-order valence-corrected chi connectivity index (χ2v) is 5.21. The van der Waals surface area contributed by atoms with Gasteiger partial charge >= 0.3 is 0 Å². The molecule has 0 aliphatic carbocycles. The van der Waals surface area contributed by atoms with Crippen LogP contribution in [0, 0.1) is 6.92 Å². The maximum atomic E-state index is 8.91. The third-order valence-electron chi connectivity index (χ3n) is 3.94. The van der Waals surface area contributed by atoms with E-state index < -0.39 is 0 Å². The second-order valence-electron chi connectivity index (χ2n) is 5.21. The summed E-state index contributed by atoms with van der Waals surface area (Å²) < 4.78 is 0. The summed E-state index contributed by atoms with van der Waals surface area (Å²) in [6.45, 7) is 6.98. The van der Waals surface area contributed by atoms with Crippen molar-refractivity contribution in [2.75, 3.05) is 19.7 Å². The van der Waals surface area contributed by atoms with E-state index in [0.717, 1.165) is 19.5 Å². The fourth-order valence-electron chi connectivity index (χ4n) is 2.95. The topological polar surface area (TPSA) is 23.5 Å². The Hall–Kier alpha value is -0.860. The molecule has 17 heavy (non-hydrogen) atoms. The number of rotatable bonds is 4. The molecule has 2 heteroatoms. The minimum Gasteiger partial charge on any atom is -0.396 e. The monoisotopic (exact) mass is 233 g/mol. The van der Waals surface area contributed by atoms with Crippen LogP contribution in [0.2, 0.25) is 0 Å². The highest BCUT2D eigenvalue weighted by Gasteiger charge is 2.29. The number of benzene rings is 1. The van der Waals surface area contributed by atoms with Gasteiger partial charge in [-0.25, -0.2) is 0 Å². The molecule has 0 amide bonds. The van der Waals surface area contributed by atoms with E-state index in [0.29, 0.717) is 18.6 Å². The van der Waals surface area contributed by atoms with Gasteiger partial charge < -0.3 is 5.11 Å². The molecule has 1 fully saturated rings. The van der Waals surface area contributed by atoms with Gasteiger partial charge in [0.05, 0.1) is 0 Å². The zero-order chi connectivity index (χ0) is 12.3. The molecule has 1 aromatic carbocycles. The summed E-state index contributed by atoms with van der Waals surface area (Å²) in [5, 5.41) is 8.91. The average Bonchev–Trinajstić information content (AvgIpc) is 2.68. The fraction of sp³-hybridized carbons (Fsp3) is 0.600. The summed E-state index contributed by atoms with van der Waals surface area (Å²) >= 11 is 0. The lowest BCUT2D eigenvalue weighted by Crippen LogP contribution is -2.28. The maximum absolute atomic E-state index is 8.91. The van der Waals surface area contributed by atoms with Crippen molar-refractivity contribution >= 4 is 0 Å². The number of aliphatic hydroxyl groups excluding tert-OH is 1. The highest BCUT2D eigenvalue weighted by atomic mass is 16.3. The first-order chi connectivity index (χ1) is 8.22. The Morgan fingerprint density at radius 1 is 1.35 bits per heavy atom. The molecule has 2 rings (SSSR count). The number of aryl methyl sites for hydroxylation is 1. The zero-order valence-electron chi connectivity index (χ0n) is 10.9. The van der Waals surface area contributed by atoms with Crippen LogP contribution in [0.1, 0.15) is 36.8 Å². The van der Waals surface area contributed by atoms with E-state index in [1.165, 1.54) is 17.5 Å². The maximum Gasteiger partial charge on any atom is 0.0443 e. The smallest absolute Gasteiger partial charge is 0.0443 e. The van der Waals surface area contributed by atoms with Crippen LogP contribution in [0.5, 0.6) is 0 Å². The lowest BCUT2D eigenvalue weighted by Gasteiger charge is -2.20. The molecule has 1 aliphatic heterocycles. The lowest BCUT2D eigenvalue weighted by atomic mass is 9.93. The molecule has 0 spiro atoms. The molecule has 1 heterocycles. The first-order valence-electron chi connectivity index (χ1n) is 6.63. The number of nitrogens with zero attached hydrogens (tertiary/aromatic N) is 1. The van der Waals surface area contributed by atoms with Crippen molar-refractivity contribution < 1.29 is 5.11 Å². The molecule has 1 saturated heterocycles. The first-order valence-corrected chi connectivity index (χ1v) is 6.63. The molecule has 0 bridgehead atoms. The van der Waals surface area contributed by atoms with Gasteiger partial charge in [0.2, 0.25) is 0 Å². The lowest BCUT2D eigenvalue weighted by molar-refractivity contribution is 0.219. The van der Waals surface area contributed by atoms with Crippen LogP contribution in [0.4, 0.5) is 0 Å². The Morgan fingerprint density at radius 3 is 2.82 bits per heavy atom. The summed E-state index contributed by atoms with van der Waals surface area (Å²) in [5.41, 5.74) is 2.92. The van der Waals surface area contributed by atoms with Gasteiger partial charge in [0.15, 0.2) is 0 Å². The van der Waals surface area contributed by atoms with Gasteiger partial charge in [0.1, 0.15) is 0 Å². The summed E-state index contributed by atoms with van der Waals surface area (Å²) in [5.74, 6) is 0.671. The minimum atomic E-state index is 0.304. The van der Waals surface area contributed by atoms with Crippen LogP contribution < -0.4 is 0 Å². The normalized spacial score (nSPS) is 25.4. The summed E-state index contributed by atoms with van der Waals surface area (Å²) in [6.07, 6.45) is 2.14. The molecule has 0 radical (unpaired) electrons. The van der Waals surface area contributed by atoms with Gasteiger partial charge in [-0.3, -0.25) is 4.90 Å². The Labute approximate surface area is 104 Å². The molecule has 2 atom stereocenters. The molecule has 1 aromatic rings. The van der Waals surface area contributed by atoms with Gasteiger partial charge in [0.25, 0.3) is 0 Å². The predicted molar refractivity (Wildman–Crippen MR) is 71.3 cm³/mol. The van der Waals surface area contributed by atoms with Crippen LogP contribution in [-0.4, -0.2) is 35.7 Å². The van der Waals surface area contributed by atoms with Gasteiger partial charge in [-0.1, -0.05) is 24.3 Å². The predicted octanol–water partition coefficient (Wildman–Crippen LogP) is 2.56. The molecule has 2 nitrogen and oxygen atoms in total. The molecule has 0 aromatic heterocycles. The fourth-order valence-corrected chi connectivity index (χ4v) is 2.95. The van der Waals surface area contributed by atoms with E-state index >= 15 is 0 Å². The van der Waals surface area contributed by atoms with E-state index in [-0.39, 0.29) is 0 Å². The number of likely N-dealkylation sites (tertiary alicyclic amines) is 1. The Morgan fingerprint density at radius 2 is 2.12 bits per heavy atom. The van der Waals surface area contributed by atoms with Crippen molar-refractivity contribution in [3.05, 3.63) is 35.4 Å². The SMILES string of the molecule is Cc1ccccc1[C@H]1C[C@H](C)N(CCCO)C1. The van der Waals surface area contributed by atoms with Crippen molar-refractivity contribution in [3.63, 3.8) is 0 Å². The van der Waals surface area contributed by atoms with Crippen molar-refractivity contribution in [3.8, 4) is 0 Å². The Bertz CT molecular complexity index is 364. The molecular formula is C15H23NO. The highest BCUT2D eigenvalue weighted by Crippen LogP contribution is 2.32. The zero-order valence-corrected chi connectivity index (χ0v) is 10.9. The van der Waals surface area contributed by atoms with Crippen LogP contribution in [0.3, 0.4) is 0 Å². The first kappa shape index (κ1) is 12.6. The highest BCUT2D eigenvalue weighted by molar-refractivity contribution is 5.30. The van der Waals surface area contributed by atoms with Crippen LogP contribution >= 0.6 is 0 Å². The van der Waals surface area contributed by atoms with Gasteiger partial charge in [-0.15, -0.1) is 0 Å². The Kier molecular flexibility index (Phi) is 4.19. The minimum absolute atomic E-state index is 0.304. The molecule has 0 saturated carbocycles. The summed E-state index contributed by atoms with van der Waals surface area (Å²) in [6, 6.07) is 9.37. The van der Waals surface area contributed by atoms with Crippen molar-refractivity contribution in [1.29, 1.82) is 0 Å². The number of aliphatic hydroxyl groups is 1. The van der Waals surface area contributed by atoms with E-state index in [1.807, 2.05) is 0 Å². The molecule has 0 unspecified atom stereocenters. The Balaban J connectivity index is 2.03. The van der Waals surface area contributed by atoms with Crippen molar-refractivity contribution in [2.24, 2.45) is 0 Å². The number of hydrogen-bond donors (Lipinski definition) is 1. The van der Waals surface area contributed by atoms with Crippen LogP contribution in [0.25, 0.3) is 0 Å². The molecule has 1 N–H and O–H groups in total. The molecular weight excluding hydrogens is 210 g/mol. The van der Waals surface area contributed by atoms with Crippen molar-refractivity contribution in [2.45, 2.75) is 38.6 Å². The standard InChI is InChI=1S/C15H23NO/c1-12-6-3-4-7-15(12)14-10-13(2)16(11-14)8-5-9-17/h3-4,6-7,13-14,17H,5,8-11H2,1-2H3/t13-,14-/m0/s1. The third-order valence-corrected chi connectivity index (χ3v) is 3.94. The van der Waals surface area contributed by atoms with Crippen LogP contribution in [0.15, 0.2) is 24.3 Å². The van der Waals surface area contributed by atoms with Gasteiger partial charge in [-0.05, 0) is 43.7 Å². The molecule has 1 aliphatic rings. The van der Waals surface area contributed by atoms with Gasteiger partial charge in [0, 0.05) is 25.7 Å². The van der Waals surface area contributed by atoms with Crippen LogP contribution in [-0.2, 0) is 0 Å². The second kappa shape index (κ2) is 5.65. The van der Waals surface area contributed by atoms with Crippen molar-refractivity contribution in [1.82, 2.24) is 4.90 Å². The van der Waals surface area contributed by atoms with Gasteiger partial charge in [-0.2, -0.15) is 0 Å². The average molecular weight is 233 g/mol. The largest absolute Gasteiger partial charge is 0.396 e. The van der Waals surface area contributed by atoms with E-state index in [4.69, 9.17) is 5.11 Å². The quantitative estimate of drug-likeness (QED) is 0.864. The van der Waals surface area contributed by atoms with E-state index in [2.05, 4.69) is 43.0 Å².